The van der Waals surface area contributed by atoms with Crippen LogP contribution in [-0.2, 0) is 0 Å². The van der Waals surface area contributed by atoms with Gasteiger partial charge in [-0.2, -0.15) is 0 Å². The number of anilines is 1. The van der Waals surface area contributed by atoms with Gasteiger partial charge in [-0.3, -0.25) is 4.79 Å². The molecule has 10 nitrogen and oxygen atoms in total. The zero-order chi connectivity index (χ0) is 24.2. The van der Waals surface area contributed by atoms with Crippen LogP contribution in [0, 0.1) is 5.82 Å². The lowest BCUT2D eigenvalue weighted by Crippen LogP contribution is -2.15. The highest BCUT2D eigenvalue weighted by Crippen LogP contribution is 2.24. The van der Waals surface area contributed by atoms with E-state index in [1.807, 2.05) is 18.4 Å². The van der Waals surface area contributed by atoms with Gasteiger partial charge in [0.25, 0.3) is 5.91 Å². The van der Waals surface area contributed by atoms with E-state index in [1.165, 1.54) is 24.3 Å². The third-order valence-electron chi connectivity index (χ3n) is 4.74. The number of carbonyl (C=O) groups is 2. The number of hydrogen-bond acceptors (Lipinski definition) is 7. The molecule has 1 aromatic carbocycles. The quantitative estimate of drug-likeness (QED) is 0.418. The maximum absolute atomic E-state index is 14.4. The van der Waals surface area contributed by atoms with Gasteiger partial charge < -0.3 is 19.7 Å². The zero-order valence-electron chi connectivity index (χ0n) is 18.1. The fourth-order valence-corrected chi connectivity index (χ4v) is 3.05. The smallest absolute Gasteiger partial charge is 0.337 e. The molecule has 4 rings (SSSR count). The number of nitrogens with zero attached hydrogens (tertiary/aromatic N) is 5. The predicted octanol–water partition coefficient (Wildman–Crippen LogP) is 4.20. The number of aromatic nitrogens is 5. The number of rotatable bonds is 7. The van der Waals surface area contributed by atoms with Crippen molar-refractivity contribution in [3.05, 3.63) is 78.0 Å². The number of hydrogen-bond donors (Lipinski definition) is 2. The van der Waals surface area contributed by atoms with Gasteiger partial charge >= 0.3 is 5.97 Å². The van der Waals surface area contributed by atoms with Gasteiger partial charge in [0.2, 0.25) is 5.88 Å². The summed E-state index contributed by atoms with van der Waals surface area (Å²) in [5.41, 5.74) is 0.225. The van der Waals surface area contributed by atoms with Gasteiger partial charge in [-0.25, -0.2) is 19.2 Å². The molecule has 0 fully saturated rings. The summed E-state index contributed by atoms with van der Waals surface area (Å²) in [5, 5.41) is 19.5. The highest BCUT2D eigenvalue weighted by molar-refractivity contribution is 6.04. The van der Waals surface area contributed by atoms with Crippen molar-refractivity contribution in [1.29, 1.82) is 0 Å². The Bertz CT molecular complexity index is 1350. The second-order valence-corrected chi connectivity index (χ2v) is 7.45. The summed E-state index contributed by atoms with van der Waals surface area (Å²) in [6.45, 7) is 3.96. The van der Waals surface area contributed by atoms with E-state index in [1.54, 1.807) is 24.5 Å². The average molecular weight is 462 g/mol. The third-order valence-corrected chi connectivity index (χ3v) is 4.74. The maximum atomic E-state index is 14.4. The van der Waals surface area contributed by atoms with Crippen molar-refractivity contribution in [2.45, 2.75) is 19.9 Å². The maximum Gasteiger partial charge on any atom is 0.337 e. The van der Waals surface area contributed by atoms with Crippen LogP contribution in [0.2, 0.25) is 0 Å². The SMILES string of the molecule is CC(C)n1cnnc1-c1cccc(NC(=O)c2cc(Oc3ccc(C(=O)O)cn3)ccc2F)n1. The van der Waals surface area contributed by atoms with Gasteiger partial charge in [0, 0.05) is 18.3 Å². The van der Waals surface area contributed by atoms with Crippen molar-refractivity contribution in [1.82, 2.24) is 24.7 Å². The second-order valence-electron chi connectivity index (χ2n) is 7.45. The number of carboxylic acid groups (broad SMARTS) is 1. The molecule has 0 unspecified atom stereocenters. The molecule has 0 atom stereocenters. The van der Waals surface area contributed by atoms with Gasteiger partial charge in [-0.15, -0.1) is 10.2 Å². The Balaban J connectivity index is 1.53. The minimum absolute atomic E-state index is 0.00658. The number of nitrogens with one attached hydrogen (secondary N) is 1. The van der Waals surface area contributed by atoms with E-state index >= 15 is 0 Å². The highest BCUT2D eigenvalue weighted by atomic mass is 19.1. The molecule has 0 bridgehead atoms. The van der Waals surface area contributed by atoms with E-state index in [4.69, 9.17) is 9.84 Å². The first-order valence-corrected chi connectivity index (χ1v) is 10.2. The third kappa shape index (κ3) is 4.88. The minimum Gasteiger partial charge on any atom is -0.478 e. The second kappa shape index (κ2) is 9.45. The van der Waals surface area contributed by atoms with Crippen molar-refractivity contribution in [3.63, 3.8) is 0 Å². The van der Waals surface area contributed by atoms with Crippen molar-refractivity contribution in [2.24, 2.45) is 0 Å². The van der Waals surface area contributed by atoms with E-state index in [0.717, 1.165) is 12.3 Å². The highest BCUT2D eigenvalue weighted by Gasteiger charge is 2.16. The Labute approximate surface area is 193 Å². The van der Waals surface area contributed by atoms with E-state index in [-0.39, 0.29) is 34.6 Å². The molecule has 0 spiro atoms. The Kier molecular flexibility index (Phi) is 6.26. The van der Waals surface area contributed by atoms with Gasteiger partial charge in [-0.05, 0) is 50.2 Å². The molecule has 11 heteroatoms. The number of carbonyl (C=O) groups excluding carboxylic acids is 1. The Morgan fingerprint density at radius 2 is 1.97 bits per heavy atom. The van der Waals surface area contributed by atoms with Crippen molar-refractivity contribution in [2.75, 3.05) is 5.32 Å². The fraction of sp³-hybridized carbons (Fsp3) is 0.130. The standard InChI is InChI=1S/C23H19FN6O4/c1-13(2)30-12-26-29-21(30)18-4-3-5-19(27-18)28-22(31)16-10-15(7-8-17(16)24)34-20-9-6-14(11-25-20)23(32)33/h3-13H,1-2H3,(H,32,33)(H,27,28,31). The minimum atomic E-state index is -1.12. The summed E-state index contributed by atoms with van der Waals surface area (Å²) in [5.74, 6) is -1.63. The molecule has 4 aromatic rings. The number of carboxylic acids is 1. The van der Waals surface area contributed by atoms with Gasteiger partial charge in [0.15, 0.2) is 5.82 Å². The van der Waals surface area contributed by atoms with Crippen LogP contribution in [-0.4, -0.2) is 41.7 Å². The largest absolute Gasteiger partial charge is 0.478 e. The lowest BCUT2D eigenvalue weighted by atomic mass is 10.2. The lowest BCUT2D eigenvalue weighted by molar-refractivity contribution is 0.0696. The topological polar surface area (TPSA) is 132 Å². The van der Waals surface area contributed by atoms with E-state index < -0.39 is 17.7 Å². The fourth-order valence-electron chi connectivity index (χ4n) is 3.05. The summed E-state index contributed by atoms with van der Waals surface area (Å²) in [7, 11) is 0. The molecule has 1 amide bonds. The average Bonchev–Trinajstić information content (AvgIpc) is 3.31. The van der Waals surface area contributed by atoms with Crippen LogP contribution in [0.25, 0.3) is 11.5 Å². The number of aromatic carboxylic acids is 1. The summed E-state index contributed by atoms with van der Waals surface area (Å²) < 4.78 is 21.8. The molecule has 0 saturated carbocycles. The first-order valence-electron chi connectivity index (χ1n) is 10.2. The molecule has 34 heavy (non-hydrogen) atoms. The van der Waals surface area contributed by atoms with Crippen LogP contribution in [0.1, 0.15) is 40.6 Å². The van der Waals surface area contributed by atoms with E-state index in [0.29, 0.717) is 11.5 Å². The monoisotopic (exact) mass is 462 g/mol. The predicted molar refractivity (Wildman–Crippen MR) is 119 cm³/mol. The number of amides is 1. The summed E-state index contributed by atoms with van der Waals surface area (Å²) in [4.78, 5) is 32.0. The molecule has 0 aliphatic rings. The Morgan fingerprint density at radius 3 is 2.68 bits per heavy atom. The molecule has 0 aliphatic carbocycles. The van der Waals surface area contributed by atoms with Crippen LogP contribution in [0.3, 0.4) is 0 Å². The van der Waals surface area contributed by atoms with Crippen molar-refractivity contribution in [3.8, 4) is 23.1 Å². The normalized spacial score (nSPS) is 10.8. The zero-order valence-corrected chi connectivity index (χ0v) is 18.1. The Hall–Kier alpha value is -4.67. The molecule has 0 aliphatic heterocycles. The summed E-state index contributed by atoms with van der Waals surface area (Å²) in [6, 6.07) is 11.4. The van der Waals surface area contributed by atoms with Crippen molar-refractivity contribution < 1.29 is 23.8 Å². The molecular weight excluding hydrogens is 443 g/mol. The van der Waals surface area contributed by atoms with Crippen LogP contribution in [0.15, 0.2) is 61.1 Å². The lowest BCUT2D eigenvalue weighted by Gasteiger charge is -2.11. The summed E-state index contributed by atoms with van der Waals surface area (Å²) >= 11 is 0. The van der Waals surface area contributed by atoms with Crippen LogP contribution < -0.4 is 10.1 Å². The molecule has 3 heterocycles. The number of pyridine rings is 2. The van der Waals surface area contributed by atoms with E-state index in [2.05, 4.69) is 25.5 Å². The molecule has 0 radical (unpaired) electrons. The first kappa shape index (κ1) is 22.5. The van der Waals surface area contributed by atoms with Crippen LogP contribution in [0.5, 0.6) is 11.6 Å². The van der Waals surface area contributed by atoms with E-state index in [9.17, 15) is 14.0 Å². The first-order chi connectivity index (χ1) is 16.3. The number of benzene rings is 1. The van der Waals surface area contributed by atoms with Gasteiger partial charge in [0.05, 0.1) is 11.1 Å². The van der Waals surface area contributed by atoms with Gasteiger partial charge in [-0.1, -0.05) is 6.07 Å². The van der Waals surface area contributed by atoms with Crippen LogP contribution >= 0.6 is 0 Å². The molecule has 0 saturated heterocycles. The number of ether oxygens (including phenoxy) is 1. The Morgan fingerprint density at radius 1 is 1.15 bits per heavy atom. The van der Waals surface area contributed by atoms with Gasteiger partial charge in [0.1, 0.15) is 29.4 Å². The molecule has 3 aromatic heterocycles. The summed E-state index contributed by atoms with van der Waals surface area (Å²) in [6.07, 6.45) is 2.73. The van der Waals surface area contributed by atoms with Crippen LogP contribution in [0.4, 0.5) is 10.2 Å². The molecule has 2 N–H and O–H groups in total. The molecular formula is C23H19FN6O4. The number of halogens is 1. The van der Waals surface area contributed by atoms with Crippen molar-refractivity contribution >= 4 is 17.7 Å². The molecule has 172 valence electrons.